The van der Waals surface area contributed by atoms with E-state index < -0.39 is 15.7 Å². The second kappa shape index (κ2) is 7.73. The van der Waals surface area contributed by atoms with E-state index in [1.165, 1.54) is 19.1 Å². The number of benzene rings is 1. The Kier molecular flexibility index (Phi) is 5.89. The predicted octanol–water partition coefficient (Wildman–Crippen LogP) is 0.0791. The molecule has 0 radical (unpaired) electrons. The van der Waals surface area contributed by atoms with E-state index in [0.29, 0.717) is 17.9 Å². The van der Waals surface area contributed by atoms with Crippen LogP contribution >= 0.6 is 0 Å². The molecule has 1 atom stereocenters. The Bertz CT molecular complexity index is 740. The maximum Gasteiger partial charge on any atom is 0.259 e. The molecule has 1 aliphatic heterocycles. The first kappa shape index (κ1) is 19.0. The minimum Gasteiger partial charge on any atom is -0.496 e. The number of rotatable bonds is 6. The highest BCUT2D eigenvalue weighted by molar-refractivity contribution is 7.91. The molecule has 0 bridgehead atoms. The van der Waals surface area contributed by atoms with Gasteiger partial charge in [0.15, 0.2) is 9.84 Å². The molecule has 1 aromatic carbocycles. The summed E-state index contributed by atoms with van der Waals surface area (Å²) in [6.45, 7) is -0.243. The Balaban J connectivity index is 2.02. The Morgan fingerprint density at radius 2 is 1.84 bits per heavy atom. The van der Waals surface area contributed by atoms with Crippen LogP contribution in [0, 0.1) is 0 Å². The van der Waals surface area contributed by atoms with E-state index >= 15 is 0 Å². The first-order valence-corrected chi connectivity index (χ1v) is 9.56. The van der Waals surface area contributed by atoms with E-state index in [1.807, 2.05) is 0 Å². The quantitative estimate of drug-likeness (QED) is 0.761. The van der Waals surface area contributed by atoms with Crippen molar-refractivity contribution in [1.82, 2.24) is 10.2 Å². The fraction of sp³-hybridized carbons (Fsp3) is 0.500. The van der Waals surface area contributed by atoms with Crippen molar-refractivity contribution < 1.29 is 27.5 Å². The van der Waals surface area contributed by atoms with Crippen molar-refractivity contribution in [3.05, 3.63) is 23.8 Å². The Morgan fingerprint density at radius 1 is 1.24 bits per heavy atom. The molecule has 0 aromatic heterocycles. The van der Waals surface area contributed by atoms with Crippen LogP contribution in [0.15, 0.2) is 18.2 Å². The molecule has 2 rings (SSSR count). The highest BCUT2D eigenvalue weighted by atomic mass is 32.2. The Hall–Kier alpha value is -2.29. The minimum atomic E-state index is -3.08. The lowest BCUT2D eigenvalue weighted by molar-refractivity contribution is -0.130. The van der Waals surface area contributed by atoms with Gasteiger partial charge in [-0.15, -0.1) is 0 Å². The van der Waals surface area contributed by atoms with Gasteiger partial charge in [-0.1, -0.05) is 6.07 Å². The van der Waals surface area contributed by atoms with Gasteiger partial charge in [0.1, 0.15) is 17.1 Å². The third-order valence-corrected chi connectivity index (χ3v) is 5.95. The van der Waals surface area contributed by atoms with Crippen molar-refractivity contribution in [2.75, 3.05) is 39.3 Å². The first-order chi connectivity index (χ1) is 11.8. The Labute approximate surface area is 147 Å². The fourth-order valence-electron chi connectivity index (χ4n) is 2.73. The lowest BCUT2D eigenvalue weighted by Crippen LogP contribution is -2.43. The van der Waals surface area contributed by atoms with Crippen LogP contribution in [0.25, 0.3) is 0 Å². The van der Waals surface area contributed by atoms with Crippen LogP contribution in [-0.4, -0.2) is 70.5 Å². The van der Waals surface area contributed by atoms with Crippen molar-refractivity contribution in [2.24, 2.45) is 0 Å². The van der Waals surface area contributed by atoms with Crippen molar-refractivity contribution in [2.45, 2.75) is 12.5 Å². The van der Waals surface area contributed by atoms with E-state index in [9.17, 15) is 18.0 Å². The molecular weight excluding hydrogens is 348 g/mol. The number of amides is 2. The summed E-state index contributed by atoms with van der Waals surface area (Å²) in [5, 5.41) is 2.53. The molecule has 1 N–H and O–H groups in total. The summed E-state index contributed by atoms with van der Waals surface area (Å²) in [5.74, 6) is -0.151. The summed E-state index contributed by atoms with van der Waals surface area (Å²) in [5.41, 5.74) is 0.200. The molecule has 1 fully saturated rings. The molecule has 1 aromatic rings. The third kappa shape index (κ3) is 4.41. The molecule has 1 heterocycles. The number of ether oxygens (including phenoxy) is 2. The number of methoxy groups -OCH3 is 2. The van der Waals surface area contributed by atoms with E-state index in [1.54, 1.807) is 25.2 Å². The first-order valence-electron chi connectivity index (χ1n) is 7.74. The molecule has 8 nitrogen and oxygen atoms in total. The van der Waals surface area contributed by atoms with Crippen LogP contribution in [0.5, 0.6) is 11.5 Å². The van der Waals surface area contributed by atoms with Gasteiger partial charge in [0.25, 0.3) is 5.91 Å². The smallest absolute Gasteiger partial charge is 0.259 e. The van der Waals surface area contributed by atoms with Crippen LogP contribution in [0.4, 0.5) is 0 Å². The van der Waals surface area contributed by atoms with Crippen molar-refractivity contribution in [3.63, 3.8) is 0 Å². The van der Waals surface area contributed by atoms with E-state index in [2.05, 4.69) is 5.32 Å². The van der Waals surface area contributed by atoms with Gasteiger partial charge in [-0.05, 0) is 18.6 Å². The number of carbonyl (C=O) groups is 2. The van der Waals surface area contributed by atoms with Crippen LogP contribution < -0.4 is 14.8 Å². The number of nitrogens with zero attached hydrogens (tertiary/aromatic N) is 1. The highest BCUT2D eigenvalue weighted by Crippen LogP contribution is 2.27. The fourth-order valence-corrected chi connectivity index (χ4v) is 4.50. The van der Waals surface area contributed by atoms with Crippen LogP contribution in [0.1, 0.15) is 16.8 Å². The second-order valence-corrected chi connectivity index (χ2v) is 8.01. The zero-order valence-corrected chi connectivity index (χ0v) is 15.3. The van der Waals surface area contributed by atoms with Crippen LogP contribution in [0.3, 0.4) is 0 Å². The maximum atomic E-state index is 12.4. The molecule has 1 saturated heterocycles. The van der Waals surface area contributed by atoms with Gasteiger partial charge >= 0.3 is 0 Å². The molecule has 1 aliphatic rings. The van der Waals surface area contributed by atoms with Gasteiger partial charge in [0, 0.05) is 13.1 Å². The maximum absolute atomic E-state index is 12.4. The molecule has 25 heavy (non-hydrogen) atoms. The summed E-state index contributed by atoms with van der Waals surface area (Å²) in [7, 11) is 1.34. The second-order valence-electron chi connectivity index (χ2n) is 5.78. The van der Waals surface area contributed by atoms with Gasteiger partial charge in [-0.3, -0.25) is 9.59 Å². The number of likely N-dealkylation sites (N-methyl/N-ethyl adjacent to an activating group) is 1. The molecule has 0 saturated carbocycles. The molecule has 2 amide bonds. The van der Waals surface area contributed by atoms with Crippen LogP contribution in [0.2, 0.25) is 0 Å². The summed E-state index contributed by atoms with van der Waals surface area (Å²) >= 11 is 0. The minimum absolute atomic E-state index is 0.0382. The van der Waals surface area contributed by atoms with Crippen LogP contribution in [-0.2, 0) is 14.6 Å². The number of sulfone groups is 1. The lowest BCUT2D eigenvalue weighted by Gasteiger charge is -2.23. The Morgan fingerprint density at radius 3 is 2.32 bits per heavy atom. The monoisotopic (exact) mass is 370 g/mol. The average molecular weight is 370 g/mol. The number of hydrogen-bond acceptors (Lipinski definition) is 6. The molecule has 1 unspecified atom stereocenters. The van der Waals surface area contributed by atoms with Crippen molar-refractivity contribution in [1.29, 1.82) is 0 Å². The summed E-state index contributed by atoms with van der Waals surface area (Å²) in [6.07, 6.45) is 0.416. The lowest BCUT2D eigenvalue weighted by atomic mass is 10.1. The van der Waals surface area contributed by atoms with Crippen molar-refractivity contribution in [3.8, 4) is 11.5 Å². The molecule has 0 spiro atoms. The number of nitrogens with one attached hydrogen (secondary N) is 1. The highest BCUT2D eigenvalue weighted by Gasteiger charge is 2.32. The summed E-state index contributed by atoms with van der Waals surface area (Å²) < 4.78 is 33.4. The zero-order valence-electron chi connectivity index (χ0n) is 14.4. The largest absolute Gasteiger partial charge is 0.496 e. The average Bonchev–Trinajstić information content (AvgIpc) is 2.97. The van der Waals surface area contributed by atoms with Gasteiger partial charge in [0.05, 0.1) is 32.3 Å². The molecular formula is C16H22N2O6S. The standard InChI is InChI=1S/C16H22N2O6S/c1-18(11-7-8-25(21,22)10-11)14(19)9-17-16(20)15-12(23-2)5-4-6-13(15)24-3/h4-6,11H,7-10H2,1-3H3,(H,17,20). The van der Waals surface area contributed by atoms with Gasteiger partial charge in [-0.2, -0.15) is 0 Å². The van der Waals surface area contributed by atoms with E-state index in [-0.39, 0.29) is 35.6 Å². The van der Waals surface area contributed by atoms with E-state index in [0.717, 1.165) is 0 Å². The molecule has 138 valence electrons. The topological polar surface area (TPSA) is 102 Å². The molecule has 0 aliphatic carbocycles. The number of hydrogen-bond donors (Lipinski definition) is 1. The number of carbonyl (C=O) groups excluding carboxylic acids is 2. The summed E-state index contributed by atoms with van der Waals surface area (Å²) in [4.78, 5) is 26.0. The van der Waals surface area contributed by atoms with Gasteiger partial charge < -0.3 is 19.7 Å². The van der Waals surface area contributed by atoms with Gasteiger partial charge in [0.2, 0.25) is 5.91 Å². The normalized spacial score (nSPS) is 18.4. The third-order valence-electron chi connectivity index (χ3n) is 4.20. The zero-order chi connectivity index (χ0) is 18.6. The summed E-state index contributed by atoms with van der Waals surface area (Å²) in [6, 6.07) is 4.58. The van der Waals surface area contributed by atoms with Crippen molar-refractivity contribution >= 4 is 21.7 Å². The SMILES string of the molecule is COc1cccc(OC)c1C(=O)NCC(=O)N(C)C1CCS(=O)(=O)C1. The van der Waals surface area contributed by atoms with E-state index in [4.69, 9.17) is 9.47 Å². The predicted molar refractivity (Wildman–Crippen MR) is 91.7 cm³/mol. The van der Waals surface area contributed by atoms with Gasteiger partial charge in [-0.25, -0.2) is 8.42 Å². The molecule has 9 heteroatoms.